The number of hydrogen-bond acceptors (Lipinski definition) is 6. The van der Waals surface area contributed by atoms with Crippen LogP contribution in [0.5, 0.6) is 0 Å². The van der Waals surface area contributed by atoms with Crippen LogP contribution in [0.15, 0.2) is 0 Å². The zero-order chi connectivity index (χ0) is 43.8. The van der Waals surface area contributed by atoms with Gasteiger partial charge in [0.1, 0.15) is 13.2 Å². The van der Waals surface area contributed by atoms with Crippen molar-refractivity contribution in [3.63, 3.8) is 0 Å². The first-order valence-electron chi connectivity index (χ1n) is 26.9. The summed E-state index contributed by atoms with van der Waals surface area (Å²) in [5, 5.41) is 0. The molecule has 0 unspecified atom stereocenters. The van der Waals surface area contributed by atoms with Crippen molar-refractivity contribution >= 4 is 17.9 Å². The lowest BCUT2D eigenvalue weighted by molar-refractivity contribution is -0.167. The van der Waals surface area contributed by atoms with Gasteiger partial charge in [0.05, 0.1) is 0 Å². The minimum atomic E-state index is -0.761. The van der Waals surface area contributed by atoms with Crippen LogP contribution in [0.25, 0.3) is 0 Å². The van der Waals surface area contributed by atoms with E-state index < -0.39 is 6.10 Å². The summed E-state index contributed by atoms with van der Waals surface area (Å²) in [5.41, 5.74) is 0. The Morgan fingerprint density at radius 3 is 0.817 bits per heavy atom. The van der Waals surface area contributed by atoms with Crippen molar-refractivity contribution in [2.75, 3.05) is 13.2 Å². The van der Waals surface area contributed by atoms with Crippen molar-refractivity contribution in [3.8, 4) is 0 Å². The second kappa shape index (κ2) is 48.4. The Morgan fingerprint density at radius 1 is 0.317 bits per heavy atom. The number of esters is 3. The first-order valence-corrected chi connectivity index (χ1v) is 26.9. The predicted octanol–water partition coefficient (Wildman–Crippen LogP) is 17.5. The van der Waals surface area contributed by atoms with E-state index in [1.54, 1.807) is 0 Å². The Bertz CT molecular complexity index is 903. The van der Waals surface area contributed by atoms with Crippen LogP contribution in [0.4, 0.5) is 0 Å². The smallest absolute Gasteiger partial charge is 0.306 e. The lowest BCUT2D eigenvalue weighted by atomic mass is 10.0. The number of carbonyl (C=O) groups excluding carboxylic acids is 3. The molecule has 0 saturated heterocycles. The molecule has 60 heavy (non-hydrogen) atoms. The van der Waals surface area contributed by atoms with Crippen LogP contribution in [0.2, 0.25) is 0 Å². The third-order valence-corrected chi connectivity index (χ3v) is 12.3. The molecule has 0 radical (unpaired) electrons. The Morgan fingerprint density at radius 2 is 0.550 bits per heavy atom. The van der Waals surface area contributed by atoms with E-state index in [4.69, 9.17) is 14.2 Å². The molecule has 356 valence electrons. The molecular formula is C54H104O6. The number of rotatable bonds is 49. The lowest BCUT2D eigenvalue weighted by Crippen LogP contribution is -2.30. The summed E-state index contributed by atoms with van der Waals surface area (Å²) in [4.78, 5) is 38.0. The Balaban J connectivity index is 4.31. The highest BCUT2D eigenvalue weighted by molar-refractivity contribution is 5.71. The zero-order valence-corrected chi connectivity index (χ0v) is 40.9. The SMILES string of the molecule is CCCCCCCCCCCCCCCCC(=O)OC[C@H](COC(=O)CCCCCCCCCCCCCC(C)C)OC(=O)CCCCCCCCCCCCCCCC. The molecule has 6 nitrogen and oxygen atoms in total. The van der Waals surface area contributed by atoms with E-state index in [2.05, 4.69) is 27.7 Å². The molecule has 0 spiro atoms. The van der Waals surface area contributed by atoms with Gasteiger partial charge in [-0.25, -0.2) is 0 Å². The number of ether oxygens (including phenoxy) is 3. The van der Waals surface area contributed by atoms with Crippen molar-refractivity contribution in [1.82, 2.24) is 0 Å². The number of carbonyl (C=O) groups is 3. The van der Waals surface area contributed by atoms with E-state index in [-0.39, 0.29) is 31.1 Å². The molecule has 0 fully saturated rings. The van der Waals surface area contributed by atoms with Crippen LogP contribution < -0.4 is 0 Å². The summed E-state index contributed by atoms with van der Waals surface area (Å²) in [6.45, 7) is 9.03. The van der Waals surface area contributed by atoms with Gasteiger partial charge in [-0.3, -0.25) is 14.4 Å². The third-order valence-electron chi connectivity index (χ3n) is 12.3. The molecule has 0 saturated carbocycles. The molecule has 0 bridgehead atoms. The van der Waals surface area contributed by atoms with Crippen LogP contribution >= 0.6 is 0 Å². The minimum absolute atomic E-state index is 0.0624. The van der Waals surface area contributed by atoms with Gasteiger partial charge < -0.3 is 14.2 Å². The largest absolute Gasteiger partial charge is 0.462 e. The fraction of sp³-hybridized carbons (Fsp3) is 0.944. The van der Waals surface area contributed by atoms with Crippen molar-refractivity contribution in [2.24, 2.45) is 5.92 Å². The molecule has 0 heterocycles. The van der Waals surface area contributed by atoms with Gasteiger partial charge in [0.15, 0.2) is 6.10 Å². The van der Waals surface area contributed by atoms with Gasteiger partial charge in [0, 0.05) is 19.3 Å². The Labute approximate surface area is 374 Å². The second-order valence-corrected chi connectivity index (χ2v) is 19.0. The topological polar surface area (TPSA) is 78.9 Å². The number of hydrogen-bond donors (Lipinski definition) is 0. The van der Waals surface area contributed by atoms with Gasteiger partial charge in [-0.05, 0) is 25.2 Å². The predicted molar refractivity (Wildman–Crippen MR) is 257 cm³/mol. The highest BCUT2D eigenvalue weighted by Crippen LogP contribution is 2.17. The quantitative estimate of drug-likeness (QED) is 0.0345. The van der Waals surface area contributed by atoms with Crippen molar-refractivity contribution in [2.45, 2.75) is 310 Å². The molecule has 0 aliphatic rings. The monoisotopic (exact) mass is 849 g/mol. The summed E-state index contributed by atoms with van der Waals surface area (Å²) in [6.07, 6.45) is 50.8. The molecule has 1 atom stereocenters. The van der Waals surface area contributed by atoms with Crippen molar-refractivity contribution < 1.29 is 28.6 Å². The fourth-order valence-corrected chi connectivity index (χ4v) is 8.22. The maximum absolute atomic E-state index is 12.8. The molecule has 0 amide bonds. The van der Waals surface area contributed by atoms with E-state index in [1.165, 1.54) is 199 Å². The fourth-order valence-electron chi connectivity index (χ4n) is 8.22. The number of unbranched alkanes of at least 4 members (excludes halogenated alkanes) is 36. The molecule has 6 heteroatoms. The average Bonchev–Trinajstić information content (AvgIpc) is 3.23. The zero-order valence-electron chi connectivity index (χ0n) is 40.9. The van der Waals surface area contributed by atoms with Gasteiger partial charge in [-0.1, -0.05) is 265 Å². The van der Waals surface area contributed by atoms with E-state index in [9.17, 15) is 14.4 Å². The van der Waals surface area contributed by atoms with Crippen LogP contribution in [0.1, 0.15) is 304 Å². The molecule has 0 aromatic heterocycles. The molecule has 0 aromatic rings. The van der Waals surface area contributed by atoms with Gasteiger partial charge >= 0.3 is 17.9 Å². The van der Waals surface area contributed by atoms with E-state index in [0.29, 0.717) is 19.3 Å². The van der Waals surface area contributed by atoms with Gasteiger partial charge in [0.25, 0.3) is 0 Å². The highest BCUT2D eigenvalue weighted by Gasteiger charge is 2.19. The van der Waals surface area contributed by atoms with E-state index in [0.717, 1.165) is 63.7 Å². The standard InChI is InChI=1S/C54H104O6/c1-5-7-9-11-13-15-17-19-21-25-29-33-37-41-45-52(55)58-48-51(60-54(57)47-43-39-35-31-26-22-20-18-16-14-12-10-8-6-2)49-59-53(56)46-42-38-34-30-27-23-24-28-32-36-40-44-50(3)4/h50-51H,5-49H2,1-4H3/t51-/m1/s1. The molecule has 0 rings (SSSR count). The summed E-state index contributed by atoms with van der Waals surface area (Å²) >= 11 is 0. The van der Waals surface area contributed by atoms with E-state index in [1.807, 2.05) is 0 Å². The minimum Gasteiger partial charge on any atom is -0.462 e. The summed E-state index contributed by atoms with van der Waals surface area (Å²) in [7, 11) is 0. The first kappa shape index (κ1) is 58.4. The molecule has 0 aliphatic carbocycles. The van der Waals surface area contributed by atoms with Gasteiger partial charge in [0.2, 0.25) is 0 Å². The van der Waals surface area contributed by atoms with Crippen molar-refractivity contribution in [1.29, 1.82) is 0 Å². The first-order chi connectivity index (χ1) is 29.4. The average molecular weight is 849 g/mol. The van der Waals surface area contributed by atoms with Crippen LogP contribution in [0.3, 0.4) is 0 Å². The molecule has 0 aliphatic heterocycles. The maximum atomic E-state index is 12.8. The molecular weight excluding hydrogens is 745 g/mol. The van der Waals surface area contributed by atoms with Crippen LogP contribution in [-0.2, 0) is 28.6 Å². The van der Waals surface area contributed by atoms with Gasteiger partial charge in [-0.2, -0.15) is 0 Å². The van der Waals surface area contributed by atoms with Crippen LogP contribution in [0, 0.1) is 5.92 Å². The second-order valence-electron chi connectivity index (χ2n) is 19.0. The van der Waals surface area contributed by atoms with Crippen LogP contribution in [-0.4, -0.2) is 37.2 Å². The normalized spacial score (nSPS) is 11.9. The highest BCUT2D eigenvalue weighted by atomic mass is 16.6. The maximum Gasteiger partial charge on any atom is 0.306 e. The third kappa shape index (κ3) is 47.5. The summed E-state index contributed by atoms with van der Waals surface area (Å²) < 4.78 is 16.8. The van der Waals surface area contributed by atoms with Gasteiger partial charge in [-0.15, -0.1) is 0 Å². The Hall–Kier alpha value is -1.59. The lowest BCUT2D eigenvalue weighted by Gasteiger charge is -2.18. The summed E-state index contributed by atoms with van der Waals surface area (Å²) in [5.74, 6) is -0.0139. The molecule has 0 aromatic carbocycles. The molecule has 0 N–H and O–H groups in total. The van der Waals surface area contributed by atoms with Crippen molar-refractivity contribution in [3.05, 3.63) is 0 Å². The summed E-state index contributed by atoms with van der Waals surface area (Å²) in [6, 6.07) is 0. The van der Waals surface area contributed by atoms with E-state index >= 15 is 0 Å². The Kier molecular flexibility index (Phi) is 47.2.